The molecule has 1 unspecified atom stereocenters. The van der Waals surface area contributed by atoms with Crippen LogP contribution in [0.3, 0.4) is 0 Å². The van der Waals surface area contributed by atoms with Gasteiger partial charge in [0.05, 0.1) is 5.41 Å². The average Bonchev–Trinajstić information content (AvgIpc) is 3.53. The van der Waals surface area contributed by atoms with Crippen molar-refractivity contribution in [2.45, 2.75) is 43.9 Å². The molecule has 9 aromatic carbocycles. The summed E-state index contributed by atoms with van der Waals surface area (Å²) in [7, 11) is 0. The third-order valence-corrected chi connectivity index (χ3v) is 14.2. The van der Waals surface area contributed by atoms with E-state index in [1.165, 1.54) is 66.4 Å². The van der Waals surface area contributed by atoms with Crippen LogP contribution in [0.15, 0.2) is 200 Å². The first-order valence-corrected chi connectivity index (χ1v) is 21.5. The predicted molar refractivity (Wildman–Crippen MR) is 252 cm³/mol. The molecule has 2 aliphatic carbocycles. The number of rotatable bonds is 4. The van der Waals surface area contributed by atoms with E-state index in [4.69, 9.17) is 4.74 Å². The Morgan fingerprint density at radius 3 is 1.74 bits per heavy atom. The van der Waals surface area contributed by atoms with Crippen LogP contribution < -0.4 is 9.64 Å². The summed E-state index contributed by atoms with van der Waals surface area (Å²) in [5, 5.41) is 2.55. The Kier molecular flexibility index (Phi) is 7.57. The maximum absolute atomic E-state index is 6.99. The molecular weight excluding hydrogens is 739 g/mol. The molecule has 0 saturated carbocycles. The summed E-state index contributed by atoms with van der Waals surface area (Å²) in [4.78, 5) is 2.45. The van der Waals surface area contributed by atoms with E-state index in [2.05, 4.69) is 233 Å². The lowest BCUT2D eigenvalue weighted by Crippen LogP contribution is -2.43. The SMILES string of the molecule is CC1(C)c2ccccc2-c2ccc(N(c3ccc(-c4ccccc4)cc3)c3ccc4c(c3)C3(c5ccccc5O4)c4ccccc4C(C)(C)c4c3ccc3ccccc43)cc21. The van der Waals surface area contributed by atoms with Crippen molar-refractivity contribution in [2.24, 2.45) is 0 Å². The van der Waals surface area contributed by atoms with E-state index in [-0.39, 0.29) is 10.8 Å². The second-order valence-corrected chi connectivity index (χ2v) is 18.1. The van der Waals surface area contributed by atoms with Gasteiger partial charge in [-0.15, -0.1) is 0 Å². The van der Waals surface area contributed by atoms with Crippen LogP contribution in [-0.4, -0.2) is 0 Å². The lowest BCUT2D eigenvalue weighted by molar-refractivity contribution is 0.426. The van der Waals surface area contributed by atoms with Gasteiger partial charge in [-0.3, -0.25) is 0 Å². The van der Waals surface area contributed by atoms with Gasteiger partial charge in [0, 0.05) is 39.0 Å². The highest BCUT2D eigenvalue weighted by molar-refractivity contribution is 5.93. The first-order chi connectivity index (χ1) is 29.8. The van der Waals surface area contributed by atoms with Gasteiger partial charge in [0.25, 0.3) is 0 Å². The number of anilines is 3. The van der Waals surface area contributed by atoms with Crippen molar-refractivity contribution in [3.8, 4) is 33.8 Å². The molecule has 292 valence electrons. The molecule has 1 atom stereocenters. The minimum atomic E-state index is -0.657. The molecule has 0 amide bonds. The van der Waals surface area contributed by atoms with Gasteiger partial charge >= 0.3 is 0 Å². The molecule has 0 N–H and O–H groups in total. The molecule has 2 nitrogen and oxygen atoms in total. The first kappa shape index (κ1) is 35.8. The quantitative estimate of drug-likeness (QED) is 0.176. The summed E-state index contributed by atoms with van der Waals surface area (Å²) in [5.41, 5.74) is 17.6. The Labute approximate surface area is 358 Å². The predicted octanol–water partition coefficient (Wildman–Crippen LogP) is 15.4. The van der Waals surface area contributed by atoms with Crippen LogP contribution in [0.5, 0.6) is 11.5 Å². The molecule has 3 aliphatic rings. The largest absolute Gasteiger partial charge is 0.457 e. The van der Waals surface area contributed by atoms with Crippen molar-refractivity contribution >= 4 is 27.8 Å². The number of para-hydroxylation sites is 1. The molecule has 0 bridgehead atoms. The zero-order valence-electron chi connectivity index (χ0n) is 34.9. The molecule has 0 aromatic heterocycles. The second-order valence-electron chi connectivity index (χ2n) is 18.1. The van der Waals surface area contributed by atoms with Gasteiger partial charge in [0.1, 0.15) is 11.5 Å². The number of benzene rings is 9. The highest BCUT2D eigenvalue weighted by Gasteiger charge is 2.53. The van der Waals surface area contributed by atoms with Crippen molar-refractivity contribution in [1.82, 2.24) is 0 Å². The third kappa shape index (κ3) is 4.97. The van der Waals surface area contributed by atoms with Crippen LogP contribution in [0.25, 0.3) is 33.0 Å². The summed E-state index contributed by atoms with van der Waals surface area (Å²) in [5.74, 6) is 1.77. The summed E-state index contributed by atoms with van der Waals surface area (Å²) >= 11 is 0. The van der Waals surface area contributed by atoms with E-state index in [9.17, 15) is 0 Å². The minimum Gasteiger partial charge on any atom is -0.457 e. The summed E-state index contributed by atoms with van der Waals surface area (Å²) in [6.07, 6.45) is 0. The number of hydrogen-bond acceptors (Lipinski definition) is 2. The average molecular weight is 784 g/mol. The van der Waals surface area contributed by atoms with Crippen molar-refractivity contribution in [3.05, 3.63) is 245 Å². The van der Waals surface area contributed by atoms with Gasteiger partial charge in [-0.1, -0.05) is 179 Å². The van der Waals surface area contributed by atoms with E-state index in [1.807, 2.05) is 0 Å². The summed E-state index contributed by atoms with van der Waals surface area (Å²) in [6, 6.07) is 74.1. The number of hydrogen-bond donors (Lipinski definition) is 0. The maximum Gasteiger partial charge on any atom is 0.132 e. The van der Waals surface area contributed by atoms with Crippen molar-refractivity contribution in [3.63, 3.8) is 0 Å². The molecule has 1 aliphatic heterocycles. The van der Waals surface area contributed by atoms with Gasteiger partial charge in [-0.05, 0) is 115 Å². The Morgan fingerprint density at radius 2 is 0.934 bits per heavy atom. The number of nitrogens with zero attached hydrogens (tertiary/aromatic N) is 1. The summed E-state index contributed by atoms with van der Waals surface area (Å²) in [6.45, 7) is 9.53. The van der Waals surface area contributed by atoms with Crippen LogP contribution in [0.1, 0.15) is 72.2 Å². The Morgan fingerprint density at radius 1 is 0.361 bits per heavy atom. The Balaban J connectivity index is 1.14. The molecule has 0 fully saturated rings. The normalized spacial score (nSPS) is 17.0. The zero-order valence-corrected chi connectivity index (χ0v) is 34.9. The molecule has 1 heterocycles. The molecule has 2 heteroatoms. The minimum absolute atomic E-state index is 0.146. The second kappa shape index (κ2) is 12.9. The van der Waals surface area contributed by atoms with E-state index in [1.54, 1.807) is 0 Å². The molecule has 61 heavy (non-hydrogen) atoms. The van der Waals surface area contributed by atoms with Gasteiger partial charge in [-0.2, -0.15) is 0 Å². The number of ether oxygens (including phenoxy) is 1. The lowest BCUT2D eigenvalue weighted by Gasteiger charge is -2.50. The van der Waals surface area contributed by atoms with Crippen molar-refractivity contribution in [1.29, 1.82) is 0 Å². The van der Waals surface area contributed by atoms with Gasteiger partial charge < -0.3 is 9.64 Å². The fourth-order valence-electron chi connectivity index (χ4n) is 11.4. The lowest BCUT2D eigenvalue weighted by atomic mass is 9.53. The number of fused-ring (bicyclic) bond motifs is 13. The van der Waals surface area contributed by atoms with Crippen molar-refractivity contribution in [2.75, 3.05) is 4.90 Å². The molecule has 0 saturated heterocycles. The van der Waals surface area contributed by atoms with Crippen LogP contribution in [-0.2, 0) is 16.2 Å². The van der Waals surface area contributed by atoms with Crippen LogP contribution in [0.4, 0.5) is 17.1 Å². The maximum atomic E-state index is 6.99. The third-order valence-electron chi connectivity index (χ3n) is 14.2. The van der Waals surface area contributed by atoms with E-state index in [0.29, 0.717) is 0 Å². The van der Waals surface area contributed by atoms with Gasteiger partial charge in [0.2, 0.25) is 0 Å². The Bertz CT molecular complexity index is 3230. The van der Waals surface area contributed by atoms with Crippen LogP contribution in [0.2, 0.25) is 0 Å². The molecule has 9 aromatic rings. The van der Waals surface area contributed by atoms with E-state index < -0.39 is 5.41 Å². The monoisotopic (exact) mass is 783 g/mol. The van der Waals surface area contributed by atoms with E-state index in [0.717, 1.165) is 39.7 Å². The summed E-state index contributed by atoms with van der Waals surface area (Å²) < 4.78 is 6.99. The zero-order chi connectivity index (χ0) is 41.1. The molecule has 12 rings (SSSR count). The Hall–Kier alpha value is -7.16. The molecule has 1 spiro atoms. The van der Waals surface area contributed by atoms with Gasteiger partial charge in [0.15, 0.2) is 0 Å². The first-order valence-electron chi connectivity index (χ1n) is 21.5. The smallest absolute Gasteiger partial charge is 0.132 e. The van der Waals surface area contributed by atoms with E-state index >= 15 is 0 Å². The molecular formula is C59H45NO. The fraction of sp³-hybridized carbons (Fsp3) is 0.119. The van der Waals surface area contributed by atoms with Gasteiger partial charge in [-0.25, -0.2) is 0 Å². The molecule has 0 radical (unpaired) electrons. The fourth-order valence-corrected chi connectivity index (χ4v) is 11.4. The highest BCUT2D eigenvalue weighted by atomic mass is 16.5. The van der Waals surface area contributed by atoms with Crippen LogP contribution >= 0.6 is 0 Å². The highest BCUT2D eigenvalue weighted by Crippen LogP contribution is 2.63. The van der Waals surface area contributed by atoms with Crippen LogP contribution in [0, 0.1) is 0 Å². The van der Waals surface area contributed by atoms with Crippen molar-refractivity contribution < 1.29 is 4.74 Å². The topological polar surface area (TPSA) is 12.5 Å². The standard InChI is InChI=1S/C59H45NO/c1-57(2)47-21-11-10-20-45(47)46-33-31-42(36-52(46)57)60(41-29-26-39(27-30-41)38-16-6-5-7-17-38)43-32-35-55-53(37-43)59(50-24-14-15-25-54(50)61-55)49-23-13-12-22-48(49)58(3,4)56-44-19-9-8-18-40(44)28-34-51(56)59/h5-37H,1-4H3.